The molecule has 4 rings (SSSR count). The smallest absolute Gasteiger partial charge is 0.254 e. The SMILES string of the molecule is Cc1nnnn1-c1ccc(C(=O)N2CCO[C@H](c3ccccc3)C2)cc1. The van der Waals surface area contributed by atoms with Crippen LogP contribution in [0.25, 0.3) is 5.69 Å². The summed E-state index contributed by atoms with van der Waals surface area (Å²) in [4.78, 5) is 14.7. The second kappa shape index (κ2) is 7.05. The van der Waals surface area contributed by atoms with Crippen LogP contribution in [0.1, 0.15) is 27.8 Å². The first-order valence-corrected chi connectivity index (χ1v) is 8.53. The van der Waals surface area contributed by atoms with Crippen LogP contribution in [0.3, 0.4) is 0 Å². The maximum Gasteiger partial charge on any atom is 0.254 e. The third-order valence-electron chi connectivity index (χ3n) is 4.51. The monoisotopic (exact) mass is 349 g/mol. The number of hydrogen-bond donors (Lipinski definition) is 0. The molecule has 2 heterocycles. The lowest BCUT2D eigenvalue weighted by molar-refractivity contribution is -0.0228. The lowest BCUT2D eigenvalue weighted by atomic mass is 10.1. The summed E-state index contributed by atoms with van der Waals surface area (Å²) < 4.78 is 7.48. The molecule has 7 nitrogen and oxygen atoms in total. The van der Waals surface area contributed by atoms with Gasteiger partial charge in [-0.1, -0.05) is 30.3 Å². The van der Waals surface area contributed by atoms with E-state index in [1.54, 1.807) is 4.68 Å². The summed E-state index contributed by atoms with van der Waals surface area (Å²) in [5.74, 6) is 0.706. The minimum Gasteiger partial charge on any atom is -0.370 e. The highest BCUT2D eigenvalue weighted by Crippen LogP contribution is 2.23. The molecule has 7 heteroatoms. The van der Waals surface area contributed by atoms with Gasteiger partial charge in [0.05, 0.1) is 18.8 Å². The van der Waals surface area contributed by atoms with E-state index in [0.717, 1.165) is 11.3 Å². The minimum absolute atomic E-state index is 0.00854. The van der Waals surface area contributed by atoms with Crippen LogP contribution in [0, 0.1) is 6.92 Å². The zero-order valence-corrected chi connectivity index (χ0v) is 14.4. The third kappa shape index (κ3) is 3.21. The van der Waals surface area contributed by atoms with Crippen LogP contribution < -0.4 is 0 Å². The average molecular weight is 349 g/mol. The number of morpholine rings is 1. The molecule has 0 saturated carbocycles. The van der Waals surface area contributed by atoms with Crippen LogP contribution in [0.15, 0.2) is 54.6 Å². The van der Waals surface area contributed by atoms with Crippen molar-refractivity contribution in [1.82, 2.24) is 25.1 Å². The molecule has 0 aliphatic carbocycles. The number of aromatic nitrogens is 4. The van der Waals surface area contributed by atoms with Gasteiger partial charge in [0.2, 0.25) is 0 Å². The van der Waals surface area contributed by atoms with Crippen molar-refractivity contribution < 1.29 is 9.53 Å². The summed E-state index contributed by atoms with van der Waals surface area (Å²) in [7, 11) is 0. The number of aryl methyl sites for hydroxylation is 1. The molecule has 3 aromatic rings. The fraction of sp³-hybridized carbons (Fsp3) is 0.263. The van der Waals surface area contributed by atoms with Gasteiger partial charge in [0.15, 0.2) is 5.82 Å². The molecule has 0 N–H and O–H groups in total. The van der Waals surface area contributed by atoms with Gasteiger partial charge >= 0.3 is 0 Å². The van der Waals surface area contributed by atoms with Crippen molar-refractivity contribution in [3.05, 3.63) is 71.5 Å². The highest BCUT2D eigenvalue weighted by molar-refractivity contribution is 5.94. The molecule has 1 aromatic heterocycles. The van der Waals surface area contributed by atoms with Crippen LogP contribution in [-0.4, -0.2) is 50.7 Å². The predicted molar refractivity (Wildman–Crippen MR) is 94.9 cm³/mol. The van der Waals surface area contributed by atoms with Gasteiger partial charge in [-0.25, -0.2) is 0 Å². The van der Waals surface area contributed by atoms with Crippen LogP contribution in [0.5, 0.6) is 0 Å². The van der Waals surface area contributed by atoms with Crippen molar-refractivity contribution >= 4 is 5.91 Å². The second-order valence-corrected chi connectivity index (χ2v) is 6.21. The standard InChI is InChI=1S/C19H19N5O2/c1-14-20-21-22-24(14)17-9-7-16(8-10-17)19(25)23-11-12-26-18(13-23)15-5-3-2-4-6-15/h2-10,18H,11-13H2,1H3/t18-/m0/s1. The fourth-order valence-electron chi connectivity index (χ4n) is 3.10. The number of carbonyl (C=O) groups is 1. The molecule has 1 amide bonds. The Kier molecular flexibility index (Phi) is 4.45. The number of carbonyl (C=O) groups excluding carboxylic acids is 1. The summed E-state index contributed by atoms with van der Waals surface area (Å²) in [6.45, 7) is 3.51. The van der Waals surface area contributed by atoms with Gasteiger partial charge in [0.1, 0.15) is 6.10 Å². The summed E-state index contributed by atoms with van der Waals surface area (Å²) in [5.41, 5.74) is 2.57. The van der Waals surface area contributed by atoms with Crippen LogP contribution in [-0.2, 0) is 4.74 Å². The van der Waals surface area contributed by atoms with Crippen molar-refractivity contribution in [1.29, 1.82) is 0 Å². The topological polar surface area (TPSA) is 73.1 Å². The van der Waals surface area contributed by atoms with E-state index in [0.29, 0.717) is 31.1 Å². The Hall–Kier alpha value is -3.06. The highest BCUT2D eigenvalue weighted by Gasteiger charge is 2.26. The lowest BCUT2D eigenvalue weighted by Gasteiger charge is -2.33. The Bertz CT molecular complexity index is 892. The molecule has 0 unspecified atom stereocenters. The van der Waals surface area contributed by atoms with E-state index >= 15 is 0 Å². The number of nitrogens with zero attached hydrogens (tertiary/aromatic N) is 5. The number of tetrazole rings is 1. The Labute approximate surface area is 151 Å². The quantitative estimate of drug-likeness (QED) is 0.725. The molecule has 1 aliphatic rings. The van der Waals surface area contributed by atoms with Crippen molar-refractivity contribution in [2.75, 3.05) is 19.7 Å². The zero-order valence-electron chi connectivity index (χ0n) is 14.4. The fourth-order valence-corrected chi connectivity index (χ4v) is 3.10. The van der Waals surface area contributed by atoms with E-state index in [4.69, 9.17) is 4.74 Å². The van der Waals surface area contributed by atoms with Crippen molar-refractivity contribution in [3.8, 4) is 5.69 Å². The largest absolute Gasteiger partial charge is 0.370 e. The molecule has 132 valence electrons. The van der Waals surface area contributed by atoms with Gasteiger partial charge in [-0.05, 0) is 47.2 Å². The normalized spacial score (nSPS) is 17.3. The number of benzene rings is 2. The number of amides is 1. The van der Waals surface area contributed by atoms with Crippen LogP contribution in [0.2, 0.25) is 0 Å². The van der Waals surface area contributed by atoms with Crippen molar-refractivity contribution in [2.45, 2.75) is 13.0 Å². The Balaban J connectivity index is 1.49. The van der Waals surface area contributed by atoms with Gasteiger partial charge in [-0.2, -0.15) is 4.68 Å². The van der Waals surface area contributed by atoms with E-state index in [1.165, 1.54) is 0 Å². The predicted octanol–water partition coefficient (Wildman–Crippen LogP) is 2.18. The first kappa shape index (κ1) is 16.4. The molecule has 1 fully saturated rings. The lowest BCUT2D eigenvalue weighted by Crippen LogP contribution is -2.42. The molecule has 0 spiro atoms. The summed E-state index contributed by atoms with van der Waals surface area (Å²) >= 11 is 0. The molecule has 2 aromatic carbocycles. The van der Waals surface area contributed by atoms with Gasteiger partial charge in [0.25, 0.3) is 5.91 Å². The maximum atomic E-state index is 12.9. The maximum absolute atomic E-state index is 12.9. The van der Waals surface area contributed by atoms with Gasteiger partial charge in [0, 0.05) is 12.1 Å². The van der Waals surface area contributed by atoms with Gasteiger partial charge < -0.3 is 9.64 Å². The first-order chi connectivity index (χ1) is 12.7. The summed E-state index contributed by atoms with van der Waals surface area (Å²) in [5, 5.41) is 11.5. The molecule has 0 radical (unpaired) electrons. The Morgan fingerprint density at radius 2 is 1.88 bits per heavy atom. The molecule has 1 aliphatic heterocycles. The van der Waals surface area contributed by atoms with Crippen LogP contribution >= 0.6 is 0 Å². The van der Waals surface area contributed by atoms with E-state index in [1.807, 2.05) is 66.4 Å². The van der Waals surface area contributed by atoms with Crippen molar-refractivity contribution in [2.24, 2.45) is 0 Å². The zero-order chi connectivity index (χ0) is 17.9. The number of rotatable bonds is 3. The third-order valence-corrected chi connectivity index (χ3v) is 4.51. The summed E-state index contributed by atoms with van der Waals surface area (Å²) in [6, 6.07) is 17.3. The van der Waals surface area contributed by atoms with E-state index in [9.17, 15) is 4.79 Å². The second-order valence-electron chi connectivity index (χ2n) is 6.21. The van der Waals surface area contributed by atoms with Gasteiger partial charge in [-0.3, -0.25) is 4.79 Å². The van der Waals surface area contributed by atoms with Crippen LogP contribution in [0.4, 0.5) is 0 Å². The Morgan fingerprint density at radius 1 is 1.12 bits per heavy atom. The molecular formula is C19H19N5O2. The van der Waals surface area contributed by atoms with Crippen molar-refractivity contribution in [3.63, 3.8) is 0 Å². The molecule has 1 saturated heterocycles. The first-order valence-electron chi connectivity index (χ1n) is 8.53. The number of ether oxygens (including phenoxy) is 1. The van der Waals surface area contributed by atoms with E-state index < -0.39 is 0 Å². The molecule has 1 atom stereocenters. The molecule has 0 bridgehead atoms. The highest BCUT2D eigenvalue weighted by atomic mass is 16.5. The Morgan fingerprint density at radius 3 is 2.58 bits per heavy atom. The molecular weight excluding hydrogens is 330 g/mol. The minimum atomic E-state index is -0.0861. The van der Waals surface area contributed by atoms with Gasteiger partial charge in [-0.15, -0.1) is 5.10 Å². The van der Waals surface area contributed by atoms with E-state index in [-0.39, 0.29) is 12.0 Å². The summed E-state index contributed by atoms with van der Waals surface area (Å²) in [6.07, 6.45) is -0.0861. The molecule has 26 heavy (non-hydrogen) atoms. The average Bonchev–Trinajstić information content (AvgIpc) is 3.14. The van der Waals surface area contributed by atoms with E-state index in [2.05, 4.69) is 15.5 Å². The number of hydrogen-bond acceptors (Lipinski definition) is 5.